The van der Waals surface area contributed by atoms with Crippen LogP contribution in [0.15, 0.2) is 91.4 Å². The molecule has 0 aliphatic carbocycles. The van der Waals surface area contributed by atoms with Gasteiger partial charge in [0.25, 0.3) is 0 Å². The molecule has 0 saturated heterocycles. The first kappa shape index (κ1) is 17.8. The van der Waals surface area contributed by atoms with Crippen molar-refractivity contribution in [1.29, 1.82) is 0 Å². The van der Waals surface area contributed by atoms with Crippen molar-refractivity contribution in [2.24, 2.45) is 0 Å². The number of benzene rings is 2. The van der Waals surface area contributed by atoms with E-state index >= 15 is 0 Å². The van der Waals surface area contributed by atoms with E-state index in [4.69, 9.17) is 4.74 Å². The van der Waals surface area contributed by atoms with Gasteiger partial charge < -0.3 is 9.14 Å². The SMILES string of the molecule is Cc1c(-c2ccc3ccccn23)c(C)[n+]2n1-c1cccc3c1C21c2c(cccc2-n2ccc[n+]21)O3. The molecule has 6 heteroatoms. The molecule has 1 atom stereocenters. The molecule has 9 rings (SSSR count). The third-order valence-corrected chi connectivity index (χ3v) is 8.10. The third kappa shape index (κ3) is 1.72. The summed E-state index contributed by atoms with van der Waals surface area (Å²) in [7, 11) is 0. The summed E-state index contributed by atoms with van der Waals surface area (Å²) < 4.78 is 18.3. The molecule has 1 unspecified atom stereocenters. The molecule has 7 heterocycles. The first-order chi connectivity index (χ1) is 17.2. The van der Waals surface area contributed by atoms with Crippen molar-refractivity contribution >= 4 is 5.52 Å². The van der Waals surface area contributed by atoms with Crippen LogP contribution in [0.2, 0.25) is 0 Å². The molecule has 0 fully saturated rings. The van der Waals surface area contributed by atoms with Gasteiger partial charge in [-0.15, -0.1) is 9.36 Å². The van der Waals surface area contributed by atoms with E-state index in [1.165, 1.54) is 39.3 Å². The Bertz CT molecular complexity index is 1920. The molecule has 0 bridgehead atoms. The summed E-state index contributed by atoms with van der Waals surface area (Å²) in [5.74, 6) is 1.83. The number of hydrogen-bond donors (Lipinski definition) is 0. The molecule has 166 valence electrons. The van der Waals surface area contributed by atoms with Crippen molar-refractivity contribution in [1.82, 2.24) is 13.8 Å². The molecule has 3 aliphatic heterocycles. The highest BCUT2D eigenvalue weighted by Crippen LogP contribution is 2.54. The normalized spacial score (nSPS) is 17.8. The molecule has 6 aromatic rings. The van der Waals surface area contributed by atoms with Gasteiger partial charge in [0.1, 0.15) is 22.9 Å². The van der Waals surface area contributed by atoms with Crippen LogP contribution < -0.4 is 14.1 Å². The Labute approximate surface area is 201 Å². The molecule has 35 heavy (non-hydrogen) atoms. The first-order valence-corrected chi connectivity index (χ1v) is 12.0. The smallest absolute Gasteiger partial charge is 0.455 e. The summed E-state index contributed by atoms with van der Waals surface area (Å²) in [5, 5.41) is 0. The zero-order valence-electron chi connectivity index (χ0n) is 19.3. The quantitative estimate of drug-likeness (QED) is 0.338. The van der Waals surface area contributed by atoms with Gasteiger partial charge in [0, 0.05) is 24.7 Å². The summed E-state index contributed by atoms with van der Waals surface area (Å²) in [6, 6.07) is 25.7. The summed E-state index contributed by atoms with van der Waals surface area (Å²) in [6.07, 6.45) is 6.48. The van der Waals surface area contributed by atoms with Gasteiger partial charge >= 0.3 is 5.66 Å². The maximum atomic E-state index is 6.54. The van der Waals surface area contributed by atoms with E-state index in [-0.39, 0.29) is 0 Å². The van der Waals surface area contributed by atoms with Crippen LogP contribution in [0.3, 0.4) is 0 Å². The molecule has 4 aromatic heterocycles. The number of rotatable bonds is 1. The van der Waals surface area contributed by atoms with Crippen molar-refractivity contribution in [2.45, 2.75) is 19.5 Å². The molecule has 0 radical (unpaired) electrons. The van der Waals surface area contributed by atoms with Gasteiger partial charge in [-0.2, -0.15) is 0 Å². The average Bonchev–Trinajstić information content (AvgIpc) is 3.66. The second-order valence-corrected chi connectivity index (χ2v) is 9.64. The van der Waals surface area contributed by atoms with Crippen LogP contribution in [0, 0.1) is 13.8 Å². The lowest BCUT2D eigenvalue weighted by molar-refractivity contribution is -1.02. The highest BCUT2D eigenvalue weighted by Gasteiger charge is 2.74. The van der Waals surface area contributed by atoms with Crippen LogP contribution in [0.1, 0.15) is 22.5 Å². The Morgan fingerprint density at radius 3 is 2.43 bits per heavy atom. The van der Waals surface area contributed by atoms with Gasteiger partial charge in [0.2, 0.25) is 11.9 Å². The Kier molecular flexibility index (Phi) is 2.83. The van der Waals surface area contributed by atoms with Crippen LogP contribution in [0.4, 0.5) is 0 Å². The van der Waals surface area contributed by atoms with Crippen molar-refractivity contribution < 1.29 is 14.1 Å². The second kappa shape index (κ2) is 5.55. The van der Waals surface area contributed by atoms with E-state index < -0.39 is 5.66 Å². The monoisotopic (exact) mass is 455 g/mol. The van der Waals surface area contributed by atoms with Gasteiger partial charge in [-0.3, -0.25) is 0 Å². The molecule has 0 saturated carbocycles. The van der Waals surface area contributed by atoms with E-state index in [9.17, 15) is 0 Å². The predicted octanol–water partition coefficient (Wildman–Crippen LogP) is 4.41. The molecular weight excluding hydrogens is 434 g/mol. The van der Waals surface area contributed by atoms with E-state index in [1.54, 1.807) is 0 Å². The highest BCUT2D eigenvalue weighted by atomic mass is 16.5. The van der Waals surface area contributed by atoms with Gasteiger partial charge in [-0.25, -0.2) is 0 Å². The molecule has 1 spiro atoms. The van der Waals surface area contributed by atoms with Crippen LogP contribution in [-0.4, -0.2) is 13.8 Å². The molecule has 0 N–H and O–H groups in total. The summed E-state index contributed by atoms with van der Waals surface area (Å²) in [6.45, 7) is 4.49. The summed E-state index contributed by atoms with van der Waals surface area (Å²) in [4.78, 5) is 0. The third-order valence-electron chi connectivity index (χ3n) is 8.10. The topological polar surface area (TPSA) is 31.3 Å². The van der Waals surface area contributed by atoms with Crippen molar-refractivity contribution in [3.05, 3.63) is 114 Å². The van der Waals surface area contributed by atoms with Crippen molar-refractivity contribution in [3.8, 4) is 34.1 Å². The molecule has 0 amide bonds. The first-order valence-electron chi connectivity index (χ1n) is 12.0. The number of ether oxygens (including phenoxy) is 1. The van der Waals surface area contributed by atoms with E-state index in [0.717, 1.165) is 22.9 Å². The van der Waals surface area contributed by atoms with Gasteiger partial charge in [0.15, 0.2) is 11.1 Å². The zero-order chi connectivity index (χ0) is 23.1. The lowest BCUT2D eigenvalue weighted by atomic mass is 9.87. The zero-order valence-corrected chi connectivity index (χ0v) is 19.3. The average molecular weight is 456 g/mol. The predicted molar refractivity (Wildman–Crippen MR) is 129 cm³/mol. The minimum atomic E-state index is -0.556. The molecule has 6 nitrogen and oxygen atoms in total. The van der Waals surface area contributed by atoms with Gasteiger partial charge in [-0.05, 0) is 64.8 Å². The van der Waals surface area contributed by atoms with Crippen molar-refractivity contribution in [3.63, 3.8) is 0 Å². The van der Waals surface area contributed by atoms with Crippen LogP contribution in [0.5, 0.6) is 11.5 Å². The fourth-order valence-corrected chi connectivity index (χ4v) is 6.94. The minimum Gasteiger partial charge on any atom is -0.455 e. The van der Waals surface area contributed by atoms with Crippen LogP contribution >= 0.6 is 0 Å². The number of nitrogens with zero attached hydrogens (tertiary/aromatic N) is 5. The summed E-state index contributed by atoms with van der Waals surface area (Å²) >= 11 is 0. The Balaban J connectivity index is 1.50. The van der Waals surface area contributed by atoms with E-state index in [0.29, 0.717) is 0 Å². The minimum absolute atomic E-state index is 0.556. The largest absolute Gasteiger partial charge is 0.469 e. The molecule has 3 aliphatic rings. The second-order valence-electron chi connectivity index (χ2n) is 9.64. The number of hydrogen-bond acceptors (Lipinski definition) is 1. The highest BCUT2D eigenvalue weighted by molar-refractivity contribution is 5.73. The lowest BCUT2D eigenvalue weighted by Gasteiger charge is -2.22. The van der Waals surface area contributed by atoms with E-state index in [1.807, 2.05) is 0 Å². The van der Waals surface area contributed by atoms with Crippen molar-refractivity contribution in [2.75, 3.05) is 0 Å². The number of fused-ring (bicyclic) bond motifs is 5. The lowest BCUT2D eigenvalue weighted by Crippen LogP contribution is -2.75. The molecular formula is C29H21N5O+2. The van der Waals surface area contributed by atoms with Gasteiger partial charge in [0.05, 0.1) is 23.1 Å². The maximum Gasteiger partial charge on any atom is 0.469 e. The Hall–Kier alpha value is -4.58. The maximum absolute atomic E-state index is 6.54. The summed E-state index contributed by atoms with van der Waals surface area (Å²) in [5.41, 5.74) is 10.2. The van der Waals surface area contributed by atoms with E-state index in [2.05, 4.69) is 128 Å². The fourth-order valence-electron chi connectivity index (χ4n) is 6.94. The molecule has 2 aromatic carbocycles. The Morgan fingerprint density at radius 1 is 0.771 bits per heavy atom. The Morgan fingerprint density at radius 2 is 1.57 bits per heavy atom. The fraction of sp³-hybridized carbons (Fsp3) is 0.103. The number of pyridine rings is 1. The van der Waals surface area contributed by atoms with Crippen LogP contribution in [-0.2, 0) is 5.66 Å². The number of aromatic nitrogens is 5. The van der Waals surface area contributed by atoms with Gasteiger partial charge in [-0.1, -0.05) is 18.2 Å². The standard InChI is InChI=1S/C29H21N5O/c1-18-26(21-14-13-20-8-3-4-15-30(20)21)19(2)34-29-27-22(31-16-7-17-32(29)31)9-5-11-24(27)35-25-12-6-10-23(28(25)29)33(18)34/h3-17H,1-2H3/q+2. The van der Waals surface area contributed by atoms with Crippen LogP contribution in [0.25, 0.3) is 28.1 Å².